The van der Waals surface area contributed by atoms with Gasteiger partial charge >= 0.3 is 5.97 Å². The number of hydrogen-bond donors (Lipinski definition) is 1. The Morgan fingerprint density at radius 3 is 2.21 bits per heavy atom. The summed E-state index contributed by atoms with van der Waals surface area (Å²) in [6.45, 7) is -0.569. The summed E-state index contributed by atoms with van der Waals surface area (Å²) < 4.78 is 5.26. The fourth-order valence-corrected chi connectivity index (χ4v) is 4.42. The highest BCUT2D eigenvalue weighted by Crippen LogP contribution is 2.36. The van der Waals surface area contributed by atoms with E-state index in [0.717, 1.165) is 10.5 Å². The number of halogens is 1. The van der Waals surface area contributed by atoms with Crippen LogP contribution in [0.4, 0.5) is 5.69 Å². The molecule has 0 saturated carbocycles. The molecular formula is C25H23ClN2O5. The van der Waals surface area contributed by atoms with Crippen molar-refractivity contribution < 1.29 is 23.9 Å². The summed E-state index contributed by atoms with van der Waals surface area (Å²) in [5.41, 5.74) is 1.16. The first-order valence-electron chi connectivity index (χ1n) is 10.7. The van der Waals surface area contributed by atoms with E-state index in [0.29, 0.717) is 23.6 Å². The molecule has 1 aliphatic heterocycles. The number of amides is 3. The Labute approximate surface area is 196 Å². The summed E-state index contributed by atoms with van der Waals surface area (Å²) in [5.74, 6) is -3.04. The lowest BCUT2D eigenvalue weighted by Crippen LogP contribution is -2.48. The molecule has 2 aliphatic rings. The van der Waals surface area contributed by atoms with Gasteiger partial charge in [0.2, 0.25) is 11.8 Å². The maximum Gasteiger partial charge on any atom is 0.330 e. The van der Waals surface area contributed by atoms with Gasteiger partial charge in [-0.05, 0) is 30.5 Å². The third-order valence-electron chi connectivity index (χ3n) is 5.89. The molecule has 0 aromatic heterocycles. The van der Waals surface area contributed by atoms with Gasteiger partial charge in [-0.1, -0.05) is 66.2 Å². The van der Waals surface area contributed by atoms with E-state index in [2.05, 4.69) is 5.32 Å². The molecule has 1 fully saturated rings. The molecule has 33 heavy (non-hydrogen) atoms. The second-order valence-electron chi connectivity index (χ2n) is 8.04. The molecule has 1 heterocycles. The van der Waals surface area contributed by atoms with Crippen molar-refractivity contribution in [3.8, 4) is 0 Å². The average Bonchev–Trinajstić information content (AvgIpc) is 3.08. The third-order valence-corrected chi connectivity index (χ3v) is 6.22. The van der Waals surface area contributed by atoms with Gasteiger partial charge in [-0.15, -0.1) is 0 Å². The van der Waals surface area contributed by atoms with Gasteiger partial charge in [0.15, 0.2) is 6.61 Å². The van der Waals surface area contributed by atoms with Crippen LogP contribution in [0.1, 0.15) is 18.4 Å². The molecule has 1 saturated heterocycles. The van der Waals surface area contributed by atoms with Crippen molar-refractivity contribution in [2.75, 3.05) is 11.9 Å². The Morgan fingerprint density at radius 2 is 1.58 bits per heavy atom. The van der Waals surface area contributed by atoms with Crippen LogP contribution in [0.25, 0.3) is 0 Å². The number of allylic oxidation sites excluding steroid dienone is 2. The summed E-state index contributed by atoms with van der Waals surface area (Å²) >= 11 is 6.04. The van der Waals surface area contributed by atoms with Crippen LogP contribution in [0, 0.1) is 11.8 Å². The van der Waals surface area contributed by atoms with Crippen molar-refractivity contribution in [1.82, 2.24) is 4.90 Å². The minimum atomic E-state index is -1.15. The molecule has 3 amide bonds. The maximum absolute atomic E-state index is 13.1. The number of fused-ring (bicyclic) bond motifs is 1. The highest BCUT2D eigenvalue weighted by molar-refractivity contribution is 6.33. The van der Waals surface area contributed by atoms with Crippen molar-refractivity contribution in [2.45, 2.75) is 25.3 Å². The van der Waals surface area contributed by atoms with Crippen LogP contribution in [0.2, 0.25) is 5.02 Å². The van der Waals surface area contributed by atoms with Crippen molar-refractivity contribution in [1.29, 1.82) is 0 Å². The predicted molar refractivity (Wildman–Crippen MR) is 122 cm³/mol. The molecule has 3 atom stereocenters. The zero-order valence-corrected chi connectivity index (χ0v) is 18.5. The van der Waals surface area contributed by atoms with Crippen LogP contribution < -0.4 is 5.32 Å². The van der Waals surface area contributed by atoms with E-state index < -0.39 is 36.4 Å². The van der Waals surface area contributed by atoms with Gasteiger partial charge in [-0.2, -0.15) is 0 Å². The first-order chi connectivity index (χ1) is 16.0. The SMILES string of the molecule is O=C(COC(=O)[C@H](Cc1ccccc1)N1C(=O)[C@@H]2CC=CC[C@H]2C1=O)Nc1ccccc1Cl. The molecule has 0 unspecified atom stereocenters. The number of nitrogens with zero attached hydrogens (tertiary/aromatic N) is 1. The lowest BCUT2D eigenvalue weighted by atomic mass is 9.85. The third kappa shape index (κ3) is 4.98. The Kier molecular flexibility index (Phi) is 6.89. The number of esters is 1. The summed E-state index contributed by atoms with van der Waals surface area (Å²) in [4.78, 5) is 52.6. The Balaban J connectivity index is 1.49. The average molecular weight is 467 g/mol. The first kappa shape index (κ1) is 22.7. The molecule has 170 valence electrons. The van der Waals surface area contributed by atoms with Crippen LogP contribution >= 0.6 is 11.6 Å². The monoisotopic (exact) mass is 466 g/mol. The van der Waals surface area contributed by atoms with Gasteiger partial charge in [0.25, 0.3) is 5.91 Å². The van der Waals surface area contributed by atoms with Crippen LogP contribution in [0.5, 0.6) is 0 Å². The quantitative estimate of drug-likeness (QED) is 0.383. The minimum absolute atomic E-state index is 0.107. The van der Waals surface area contributed by atoms with E-state index in [1.807, 2.05) is 42.5 Å². The molecule has 1 aliphatic carbocycles. The van der Waals surface area contributed by atoms with E-state index in [1.54, 1.807) is 24.3 Å². The van der Waals surface area contributed by atoms with Crippen molar-refractivity contribution >= 4 is 41.0 Å². The molecule has 4 rings (SSSR count). The van der Waals surface area contributed by atoms with Gasteiger partial charge in [-0.3, -0.25) is 19.3 Å². The minimum Gasteiger partial charge on any atom is -0.454 e. The van der Waals surface area contributed by atoms with E-state index in [4.69, 9.17) is 16.3 Å². The van der Waals surface area contributed by atoms with Crippen LogP contribution in [-0.4, -0.2) is 41.2 Å². The second-order valence-corrected chi connectivity index (χ2v) is 8.45. The number of anilines is 1. The van der Waals surface area contributed by atoms with Crippen LogP contribution in [-0.2, 0) is 30.3 Å². The number of carbonyl (C=O) groups excluding carboxylic acids is 4. The number of imide groups is 1. The number of carbonyl (C=O) groups is 4. The molecule has 8 heteroatoms. The molecule has 1 N–H and O–H groups in total. The number of nitrogens with one attached hydrogen (secondary N) is 1. The van der Waals surface area contributed by atoms with Gasteiger partial charge in [0, 0.05) is 6.42 Å². The van der Waals surface area contributed by atoms with Gasteiger partial charge in [-0.25, -0.2) is 4.79 Å². The van der Waals surface area contributed by atoms with Crippen LogP contribution in [0.15, 0.2) is 66.7 Å². The van der Waals surface area contributed by atoms with Crippen molar-refractivity contribution in [3.05, 3.63) is 77.3 Å². The van der Waals surface area contributed by atoms with Gasteiger partial charge in [0.05, 0.1) is 22.5 Å². The molecule has 0 bridgehead atoms. The normalized spacial score (nSPS) is 20.3. The van der Waals surface area contributed by atoms with E-state index in [-0.39, 0.29) is 18.2 Å². The van der Waals surface area contributed by atoms with Crippen molar-refractivity contribution in [3.63, 3.8) is 0 Å². The first-order valence-corrected chi connectivity index (χ1v) is 11.1. The highest BCUT2D eigenvalue weighted by Gasteiger charge is 2.51. The standard InChI is InChI=1S/C25H23ClN2O5/c26-19-12-6-7-13-20(19)27-22(29)15-33-25(32)21(14-16-8-2-1-3-9-16)28-23(30)17-10-4-5-11-18(17)24(28)31/h1-9,12-13,17-18,21H,10-11,14-15H2,(H,27,29)/t17-,18-,21+/m1/s1. The molecule has 0 spiro atoms. The maximum atomic E-state index is 13.1. The predicted octanol–water partition coefficient (Wildman–Crippen LogP) is 3.38. The number of rotatable bonds is 7. The number of para-hydroxylation sites is 1. The summed E-state index contributed by atoms with van der Waals surface area (Å²) in [6.07, 6.45) is 4.83. The van der Waals surface area contributed by atoms with E-state index in [9.17, 15) is 19.2 Å². The van der Waals surface area contributed by atoms with E-state index >= 15 is 0 Å². The Morgan fingerprint density at radius 1 is 0.970 bits per heavy atom. The Hall–Kier alpha value is -3.45. The van der Waals surface area contributed by atoms with Gasteiger partial charge in [0.1, 0.15) is 6.04 Å². The molecule has 7 nitrogen and oxygen atoms in total. The highest BCUT2D eigenvalue weighted by atomic mass is 35.5. The fourth-order valence-electron chi connectivity index (χ4n) is 4.23. The molecule has 2 aromatic rings. The fraction of sp³-hybridized carbons (Fsp3) is 0.280. The largest absolute Gasteiger partial charge is 0.454 e. The summed E-state index contributed by atoms with van der Waals surface area (Å²) in [5, 5.41) is 2.93. The number of hydrogen-bond acceptors (Lipinski definition) is 5. The molecule has 0 radical (unpaired) electrons. The zero-order chi connectivity index (χ0) is 23.4. The number of likely N-dealkylation sites (tertiary alicyclic amines) is 1. The van der Waals surface area contributed by atoms with Gasteiger partial charge < -0.3 is 10.1 Å². The smallest absolute Gasteiger partial charge is 0.330 e. The zero-order valence-electron chi connectivity index (χ0n) is 17.8. The van der Waals surface area contributed by atoms with E-state index in [1.165, 1.54) is 0 Å². The number of ether oxygens (including phenoxy) is 1. The topological polar surface area (TPSA) is 92.8 Å². The summed E-state index contributed by atoms with van der Waals surface area (Å²) in [6, 6.07) is 14.6. The van der Waals surface area contributed by atoms with Crippen molar-refractivity contribution in [2.24, 2.45) is 11.8 Å². The number of benzene rings is 2. The summed E-state index contributed by atoms with van der Waals surface area (Å²) in [7, 11) is 0. The lowest BCUT2D eigenvalue weighted by Gasteiger charge is -2.25. The van der Waals surface area contributed by atoms with Crippen LogP contribution in [0.3, 0.4) is 0 Å². The lowest BCUT2D eigenvalue weighted by molar-refractivity contribution is -0.159. The Bertz CT molecular complexity index is 1070. The second kappa shape index (κ2) is 10.0. The molecule has 2 aromatic carbocycles. The molecular weight excluding hydrogens is 444 g/mol.